The molecule has 0 aromatic carbocycles. The summed E-state index contributed by atoms with van der Waals surface area (Å²) >= 11 is 0. The molecule has 6 nitrogen and oxygen atoms in total. The van der Waals surface area contributed by atoms with Crippen LogP contribution >= 0.6 is 0 Å². The quantitative estimate of drug-likeness (QED) is 0.341. The van der Waals surface area contributed by atoms with Gasteiger partial charge in [0.25, 0.3) is 8.32 Å². The SMILES string of the molecule is CCCCOC(=O)/N=N/C(=O)O[Si](C(C)C)(C(C)C)C(C)C. The fraction of sp³-hybridized carbons (Fsp3) is 0.867. The van der Waals surface area contributed by atoms with E-state index in [1.807, 2.05) is 6.92 Å². The number of ether oxygens (including phenoxy) is 1. The van der Waals surface area contributed by atoms with Gasteiger partial charge >= 0.3 is 12.2 Å². The Morgan fingerprint density at radius 1 is 0.909 bits per heavy atom. The lowest BCUT2D eigenvalue weighted by molar-refractivity contribution is 0.152. The average molecular weight is 331 g/mol. The number of carbonyl (C=O) groups excluding carboxylic acids is 2. The summed E-state index contributed by atoms with van der Waals surface area (Å²) in [5, 5.41) is 6.63. The lowest BCUT2D eigenvalue weighted by Crippen LogP contribution is -2.48. The monoisotopic (exact) mass is 330 g/mol. The Labute approximate surface area is 134 Å². The largest absolute Gasteiger partial charge is 0.500 e. The average Bonchev–Trinajstić information content (AvgIpc) is 2.41. The van der Waals surface area contributed by atoms with Gasteiger partial charge in [0.15, 0.2) is 0 Å². The standard InChI is InChI=1S/C15H30N2O4Si/c1-8-9-10-20-14(18)16-17-15(19)21-22(11(2)3,12(4)5)13(6)7/h11-13H,8-10H2,1-7H3/b17-16+. The van der Waals surface area contributed by atoms with Gasteiger partial charge in [-0.15, -0.1) is 0 Å². The summed E-state index contributed by atoms with van der Waals surface area (Å²) in [5.41, 5.74) is 0.759. The molecule has 0 aromatic rings. The zero-order valence-corrected chi connectivity index (χ0v) is 15.9. The van der Waals surface area contributed by atoms with Gasteiger partial charge < -0.3 is 9.16 Å². The third-order valence-electron chi connectivity index (χ3n) is 3.91. The van der Waals surface area contributed by atoms with Gasteiger partial charge in [0.1, 0.15) is 0 Å². The van der Waals surface area contributed by atoms with E-state index in [2.05, 4.69) is 51.8 Å². The summed E-state index contributed by atoms with van der Waals surface area (Å²) in [5.74, 6) is 0. The second-order valence-corrected chi connectivity index (χ2v) is 11.7. The first-order valence-corrected chi connectivity index (χ1v) is 10.1. The molecule has 0 radical (unpaired) electrons. The van der Waals surface area contributed by atoms with E-state index in [9.17, 15) is 9.59 Å². The summed E-state index contributed by atoms with van der Waals surface area (Å²) in [4.78, 5) is 23.3. The van der Waals surface area contributed by atoms with Gasteiger partial charge in [-0.05, 0) is 23.0 Å². The number of carbonyl (C=O) groups is 2. The van der Waals surface area contributed by atoms with Gasteiger partial charge in [-0.2, -0.15) is 0 Å². The second-order valence-electron chi connectivity index (χ2n) is 6.35. The van der Waals surface area contributed by atoms with E-state index in [1.165, 1.54) is 0 Å². The van der Waals surface area contributed by atoms with E-state index in [-0.39, 0.29) is 23.2 Å². The molecule has 0 saturated heterocycles. The highest BCUT2D eigenvalue weighted by atomic mass is 28.4. The maximum atomic E-state index is 12.0. The van der Waals surface area contributed by atoms with Crippen molar-refractivity contribution in [1.29, 1.82) is 0 Å². The lowest BCUT2D eigenvalue weighted by Gasteiger charge is -2.40. The molecule has 7 heteroatoms. The summed E-state index contributed by atoms with van der Waals surface area (Å²) < 4.78 is 10.5. The highest BCUT2D eigenvalue weighted by molar-refractivity contribution is 6.78. The Bertz CT molecular complexity index is 373. The van der Waals surface area contributed by atoms with E-state index in [4.69, 9.17) is 9.16 Å². The van der Waals surface area contributed by atoms with Crippen molar-refractivity contribution >= 4 is 20.5 Å². The minimum Gasteiger partial charge on any atom is -0.500 e. The third kappa shape index (κ3) is 5.86. The molecule has 0 aromatic heterocycles. The zero-order chi connectivity index (χ0) is 17.3. The molecule has 0 aliphatic carbocycles. The molecule has 0 aliphatic rings. The third-order valence-corrected chi connectivity index (χ3v) is 9.85. The smallest absolute Gasteiger partial charge is 0.452 e. The summed E-state index contributed by atoms with van der Waals surface area (Å²) in [7, 11) is -2.35. The summed E-state index contributed by atoms with van der Waals surface area (Å²) in [6.45, 7) is 14.7. The number of hydrogen-bond donors (Lipinski definition) is 0. The Morgan fingerprint density at radius 3 is 1.77 bits per heavy atom. The van der Waals surface area contributed by atoms with Gasteiger partial charge in [0.2, 0.25) is 0 Å². The molecule has 2 amide bonds. The first kappa shape index (κ1) is 20.8. The van der Waals surface area contributed by atoms with Gasteiger partial charge in [0, 0.05) is 0 Å². The van der Waals surface area contributed by atoms with Crippen molar-refractivity contribution in [2.75, 3.05) is 6.61 Å². The van der Waals surface area contributed by atoms with Crippen LogP contribution in [0.4, 0.5) is 9.59 Å². The van der Waals surface area contributed by atoms with Gasteiger partial charge in [0.05, 0.1) is 6.61 Å². The molecule has 0 atom stereocenters. The Kier molecular flexibility index (Phi) is 9.16. The van der Waals surface area contributed by atoms with Crippen molar-refractivity contribution in [3.05, 3.63) is 0 Å². The highest BCUT2D eigenvalue weighted by Gasteiger charge is 2.48. The summed E-state index contributed by atoms with van der Waals surface area (Å²) in [6, 6.07) is 0. The number of amides is 2. The Morgan fingerprint density at radius 2 is 1.36 bits per heavy atom. The van der Waals surface area contributed by atoms with E-state index >= 15 is 0 Å². The first-order valence-electron chi connectivity index (χ1n) is 7.99. The number of unbranched alkanes of at least 4 members (excludes halogenated alkanes) is 1. The summed E-state index contributed by atoms with van der Waals surface area (Å²) in [6.07, 6.45) is 0.0274. The number of hydrogen-bond acceptors (Lipinski definition) is 4. The van der Waals surface area contributed by atoms with E-state index in [0.717, 1.165) is 12.8 Å². The Hall–Kier alpha value is -1.24. The van der Waals surface area contributed by atoms with Crippen LogP contribution in [-0.2, 0) is 9.16 Å². The van der Waals surface area contributed by atoms with Crippen LogP contribution in [0.25, 0.3) is 0 Å². The van der Waals surface area contributed by atoms with Crippen LogP contribution in [0.3, 0.4) is 0 Å². The minimum absolute atomic E-state index is 0.253. The van der Waals surface area contributed by atoms with Crippen molar-refractivity contribution in [1.82, 2.24) is 0 Å². The highest BCUT2D eigenvalue weighted by Crippen LogP contribution is 2.42. The molecule has 0 fully saturated rings. The molecular formula is C15H30N2O4Si. The molecule has 0 heterocycles. The van der Waals surface area contributed by atoms with Crippen LogP contribution in [0.15, 0.2) is 10.2 Å². The van der Waals surface area contributed by atoms with Crippen LogP contribution in [0.2, 0.25) is 16.6 Å². The molecule has 0 bridgehead atoms. The zero-order valence-electron chi connectivity index (χ0n) is 14.9. The molecule has 22 heavy (non-hydrogen) atoms. The van der Waals surface area contributed by atoms with Gasteiger partial charge in [-0.3, -0.25) is 0 Å². The van der Waals surface area contributed by atoms with Crippen molar-refractivity contribution in [2.24, 2.45) is 10.2 Å². The number of nitrogens with zero attached hydrogens (tertiary/aromatic N) is 2. The normalized spacial score (nSPS) is 12.5. The topological polar surface area (TPSA) is 77.3 Å². The number of azo groups is 1. The fourth-order valence-corrected chi connectivity index (χ4v) is 7.99. The molecular weight excluding hydrogens is 300 g/mol. The fourth-order valence-electron chi connectivity index (χ4n) is 2.94. The van der Waals surface area contributed by atoms with E-state index < -0.39 is 20.5 Å². The lowest BCUT2D eigenvalue weighted by atomic mass is 10.4. The number of rotatable bonds is 7. The maximum absolute atomic E-state index is 12.0. The van der Waals surface area contributed by atoms with Gasteiger partial charge in [-0.25, -0.2) is 9.59 Å². The van der Waals surface area contributed by atoms with E-state index in [1.54, 1.807) is 0 Å². The van der Waals surface area contributed by atoms with Crippen LogP contribution < -0.4 is 0 Å². The molecule has 128 valence electrons. The van der Waals surface area contributed by atoms with Crippen LogP contribution in [0, 0.1) is 0 Å². The Balaban J connectivity index is 4.81. The first-order chi connectivity index (χ1) is 10.2. The second kappa shape index (κ2) is 9.71. The molecule has 0 aliphatic heterocycles. The van der Waals surface area contributed by atoms with Gasteiger partial charge in [-0.1, -0.05) is 65.1 Å². The van der Waals surface area contributed by atoms with Crippen molar-refractivity contribution in [2.45, 2.75) is 77.9 Å². The molecule has 0 unspecified atom stereocenters. The molecule has 0 N–H and O–H groups in total. The maximum Gasteiger partial charge on any atom is 0.452 e. The van der Waals surface area contributed by atoms with E-state index in [0.29, 0.717) is 0 Å². The van der Waals surface area contributed by atoms with Crippen LogP contribution in [0.5, 0.6) is 0 Å². The van der Waals surface area contributed by atoms with Crippen LogP contribution in [0.1, 0.15) is 61.3 Å². The molecule has 0 spiro atoms. The predicted molar refractivity (Wildman–Crippen MR) is 88.6 cm³/mol. The van der Waals surface area contributed by atoms with Crippen molar-refractivity contribution in [3.8, 4) is 0 Å². The minimum atomic E-state index is -2.35. The van der Waals surface area contributed by atoms with Crippen molar-refractivity contribution in [3.63, 3.8) is 0 Å². The van der Waals surface area contributed by atoms with Crippen molar-refractivity contribution < 1.29 is 18.8 Å². The molecule has 0 rings (SSSR count). The van der Waals surface area contributed by atoms with Crippen LogP contribution in [-0.4, -0.2) is 27.1 Å². The molecule has 0 saturated carbocycles. The predicted octanol–water partition coefficient (Wildman–Crippen LogP) is 5.69.